The summed E-state index contributed by atoms with van der Waals surface area (Å²) >= 11 is 1.47. The molecular weight excluding hydrogens is 498 g/mol. The fourth-order valence-corrected chi connectivity index (χ4v) is 5.78. The molecule has 1 unspecified atom stereocenters. The minimum absolute atomic E-state index is 0.0902. The van der Waals surface area contributed by atoms with Crippen molar-refractivity contribution in [2.75, 3.05) is 32.2 Å². The third-order valence-corrected chi connectivity index (χ3v) is 7.70. The van der Waals surface area contributed by atoms with Gasteiger partial charge in [-0.15, -0.1) is 5.10 Å². The Balaban J connectivity index is 1.43. The van der Waals surface area contributed by atoms with E-state index in [9.17, 15) is 0 Å². The van der Waals surface area contributed by atoms with Crippen LogP contribution < -0.4 is 20.9 Å². The molecule has 0 aliphatic carbocycles. The highest BCUT2D eigenvalue weighted by Crippen LogP contribution is 2.38. The van der Waals surface area contributed by atoms with Gasteiger partial charge in [0.05, 0.1) is 30.8 Å². The molecule has 10 heteroatoms. The lowest BCUT2D eigenvalue weighted by atomic mass is 9.91. The van der Waals surface area contributed by atoms with Crippen LogP contribution in [0.3, 0.4) is 0 Å². The first kappa shape index (κ1) is 25.5. The summed E-state index contributed by atoms with van der Waals surface area (Å²) in [6.45, 7) is 2.94. The molecule has 0 saturated carbocycles. The van der Waals surface area contributed by atoms with Gasteiger partial charge in [0.15, 0.2) is 11.5 Å². The smallest absolute Gasteiger partial charge is 0.221 e. The fraction of sp³-hybridized carbons (Fsp3) is 0.286. The van der Waals surface area contributed by atoms with Gasteiger partial charge in [-0.2, -0.15) is 4.98 Å². The maximum absolute atomic E-state index is 6.08. The average molecular weight is 530 g/mol. The third kappa shape index (κ3) is 5.12. The number of aryl methyl sites for hydroxylation is 1. The zero-order valence-corrected chi connectivity index (χ0v) is 22.5. The normalized spacial score (nSPS) is 15.0. The van der Waals surface area contributed by atoms with Crippen molar-refractivity contribution in [3.8, 4) is 11.5 Å². The second kappa shape index (κ2) is 11.1. The first-order valence-electron chi connectivity index (χ1n) is 12.4. The molecule has 196 valence electrons. The molecule has 0 bridgehead atoms. The summed E-state index contributed by atoms with van der Waals surface area (Å²) in [4.78, 5) is 11.7. The Labute approximate surface area is 226 Å². The molecule has 1 atom stereocenters. The van der Waals surface area contributed by atoms with Crippen molar-refractivity contribution in [1.29, 1.82) is 0 Å². The highest BCUT2D eigenvalue weighted by atomic mass is 32.1. The van der Waals surface area contributed by atoms with E-state index in [-0.39, 0.29) is 12.0 Å². The summed E-state index contributed by atoms with van der Waals surface area (Å²) in [5, 5.41) is 4.29. The van der Waals surface area contributed by atoms with Crippen LogP contribution in [0.5, 0.6) is 11.5 Å². The van der Waals surface area contributed by atoms with E-state index in [1.807, 2.05) is 13.0 Å². The number of nitrogens with two attached hydrogens (primary N) is 2. The molecule has 3 heterocycles. The van der Waals surface area contributed by atoms with E-state index in [0.717, 1.165) is 35.3 Å². The molecule has 0 saturated heterocycles. The highest BCUT2D eigenvalue weighted by Gasteiger charge is 2.29. The van der Waals surface area contributed by atoms with E-state index in [0.29, 0.717) is 30.2 Å². The molecule has 2 aromatic heterocycles. The number of rotatable bonds is 8. The van der Waals surface area contributed by atoms with Gasteiger partial charge < -0.3 is 25.8 Å². The van der Waals surface area contributed by atoms with E-state index >= 15 is 0 Å². The van der Waals surface area contributed by atoms with Crippen molar-refractivity contribution in [2.45, 2.75) is 32.2 Å². The molecule has 0 amide bonds. The number of methoxy groups -OCH3 is 2. The molecular formula is C28H31N7O2S. The summed E-state index contributed by atoms with van der Waals surface area (Å²) in [6.07, 6.45) is 8.22. The topological polar surface area (TPSA) is 125 Å². The van der Waals surface area contributed by atoms with Gasteiger partial charge in [-0.25, -0.2) is 4.98 Å². The third-order valence-electron chi connectivity index (χ3n) is 6.82. The molecule has 0 spiro atoms. The molecule has 38 heavy (non-hydrogen) atoms. The van der Waals surface area contributed by atoms with Crippen molar-refractivity contribution >= 4 is 23.3 Å². The minimum Gasteiger partial charge on any atom is -0.493 e. The SMILES string of the molecule is COc1cc(Cc2cnc(N)nc2N)cc(C/C=C/N2CCc3ccccc3C2c2snnc2C)c1OC. The number of aromatic nitrogens is 4. The van der Waals surface area contributed by atoms with E-state index in [2.05, 4.69) is 67.1 Å². The number of nitrogen functional groups attached to an aromatic ring is 2. The molecule has 1 aliphatic rings. The molecule has 5 rings (SSSR count). The van der Waals surface area contributed by atoms with Crippen LogP contribution in [-0.4, -0.2) is 45.2 Å². The summed E-state index contributed by atoms with van der Waals surface area (Å²) < 4.78 is 15.6. The lowest BCUT2D eigenvalue weighted by Gasteiger charge is -2.36. The average Bonchev–Trinajstić information content (AvgIpc) is 3.35. The first-order chi connectivity index (χ1) is 18.5. The molecule has 1 aliphatic heterocycles. The minimum atomic E-state index is 0.0902. The maximum atomic E-state index is 6.08. The fourth-order valence-electron chi connectivity index (χ4n) is 4.99. The lowest BCUT2D eigenvalue weighted by Crippen LogP contribution is -2.32. The number of nitrogens with zero attached hydrogens (tertiary/aromatic N) is 5. The molecule has 0 fully saturated rings. The molecule has 0 radical (unpaired) electrons. The number of hydrogen-bond donors (Lipinski definition) is 2. The molecule has 4 N–H and O–H groups in total. The van der Waals surface area contributed by atoms with Crippen molar-refractivity contribution in [3.63, 3.8) is 0 Å². The number of ether oxygens (including phenoxy) is 2. The standard InChI is InChI=1S/C28H31N7O2S/c1-17-26(38-34-33-17)24-22-9-5-4-7-19(22)10-12-35(24)11-6-8-20-13-18(15-23(36-2)25(20)37-3)14-21-16-31-28(30)32-27(21)29/h4-7,9,11,13,15-16,24H,8,10,12,14H2,1-3H3,(H4,29,30,31,32)/b11-6+. The Kier molecular flexibility index (Phi) is 7.41. The van der Waals surface area contributed by atoms with Crippen LogP contribution in [0.25, 0.3) is 0 Å². The second-order valence-electron chi connectivity index (χ2n) is 9.21. The van der Waals surface area contributed by atoms with Crippen LogP contribution in [-0.2, 0) is 19.3 Å². The van der Waals surface area contributed by atoms with Crippen molar-refractivity contribution < 1.29 is 9.47 Å². The van der Waals surface area contributed by atoms with Gasteiger partial charge in [0.2, 0.25) is 5.95 Å². The predicted octanol–water partition coefficient (Wildman–Crippen LogP) is 4.11. The van der Waals surface area contributed by atoms with E-state index < -0.39 is 0 Å². The van der Waals surface area contributed by atoms with Gasteiger partial charge >= 0.3 is 0 Å². The largest absolute Gasteiger partial charge is 0.493 e. The van der Waals surface area contributed by atoms with Crippen molar-refractivity contribution in [2.24, 2.45) is 0 Å². The molecule has 4 aromatic rings. The van der Waals surface area contributed by atoms with E-state index in [1.54, 1.807) is 20.4 Å². The van der Waals surface area contributed by atoms with E-state index in [4.69, 9.17) is 20.9 Å². The first-order valence-corrected chi connectivity index (χ1v) is 13.2. The van der Waals surface area contributed by atoms with Gasteiger partial charge in [0.25, 0.3) is 0 Å². The Hall–Kier alpha value is -4.18. The summed E-state index contributed by atoms with van der Waals surface area (Å²) in [5.41, 5.74) is 18.2. The molecule has 2 aromatic carbocycles. The van der Waals surface area contributed by atoms with Gasteiger partial charge in [0, 0.05) is 30.3 Å². The number of fused-ring (bicyclic) bond motifs is 1. The number of hydrogen-bond acceptors (Lipinski definition) is 10. The van der Waals surface area contributed by atoms with Crippen molar-refractivity contribution in [1.82, 2.24) is 24.5 Å². The van der Waals surface area contributed by atoms with Crippen LogP contribution >= 0.6 is 11.5 Å². The Bertz CT molecular complexity index is 1470. The summed E-state index contributed by atoms with van der Waals surface area (Å²) in [7, 11) is 3.30. The lowest BCUT2D eigenvalue weighted by molar-refractivity contribution is 0.303. The van der Waals surface area contributed by atoms with E-state index in [1.165, 1.54) is 27.5 Å². The Morgan fingerprint density at radius 1 is 1.13 bits per heavy atom. The summed E-state index contributed by atoms with van der Waals surface area (Å²) in [5.74, 6) is 1.91. The monoisotopic (exact) mass is 529 g/mol. The van der Waals surface area contributed by atoms with Crippen LogP contribution in [0.15, 0.2) is 54.9 Å². The second-order valence-corrected chi connectivity index (χ2v) is 9.99. The zero-order valence-electron chi connectivity index (χ0n) is 21.7. The van der Waals surface area contributed by atoms with Gasteiger partial charge in [0.1, 0.15) is 5.82 Å². The Morgan fingerprint density at radius 2 is 1.97 bits per heavy atom. The van der Waals surface area contributed by atoms with Crippen LogP contribution in [0, 0.1) is 6.92 Å². The highest BCUT2D eigenvalue weighted by molar-refractivity contribution is 7.05. The number of allylic oxidation sites excluding steroid dienone is 1. The zero-order chi connectivity index (χ0) is 26.6. The van der Waals surface area contributed by atoms with Gasteiger partial charge in [-0.05, 0) is 60.3 Å². The number of benzene rings is 2. The quantitative estimate of drug-likeness (QED) is 0.347. The van der Waals surface area contributed by atoms with Crippen molar-refractivity contribution in [3.05, 3.63) is 93.3 Å². The predicted molar refractivity (Wildman–Crippen MR) is 149 cm³/mol. The van der Waals surface area contributed by atoms with Crippen LogP contribution in [0.1, 0.15) is 44.4 Å². The van der Waals surface area contributed by atoms with Gasteiger partial charge in [-0.3, -0.25) is 0 Å². The number of anilines is 2. The van der Waals surface area contributed by atoms with Gasteiger partial charge in [-0.1, -0.05) is 40.9 Å². The summed E-state index contributed by atoms with van der Waals surface area (Å²) in [6, 6.07) is 12.8. The van der Waals surface area contributed by atoms with Crippen LogP contribution in [0.2, 0.25) is 0 Å². The molecule has 9 nitrogen and oxygen atoms in total. The van der Waals surface area contributed by atoms with Crippen LogP contribution in [0.4, 0.5) is 11.8 Å². The Morgan fingerprint density at radius 3 is 2.71 bits per heavy atom. The maximum Gasteiger partial charge on any atom is 0.221 e.